The van der Waals surface area contributed by atoms with E-state index in [4.69, 9.17) is 15.6 Å². The molecule has 3 aliphatic heterocycles. The summed E-state index contributed by atoms with van der Waals surface area (Å²) in [7, 11) is -8.25. The second-order valence-corrected chi connectivity index (χ2v) is 18.1. The van der Waals surface area contributed by atoms with Gasteiger partial charge < -0.3 is 26.2 Å². The van der Waals surface area contributed by atoms with Crippen molar-refractivity contribution in [3.8, 4) is 0 Å². The molecule has 5 nitrogen and oxygen atoms in total. The zero-order valence-electron chi connectivity index (χ0n) is 33.8. The van der Waals surface area contributed by atoms with Gasteiger partial charge in [-0.25, -0.2) is 13.2 Å². The zero-order valence-corrected chi connectivity index (χ0v) is 34.6. The van der Waals surface area contributed by atoms with Crippen LogP contribution in [0.15, 0.2) is 108 Å². The van der Waals surface area contributed by atoms with E-state index in [0.717, 1.165) is 42.5 Å². The Morgan fingerprint density at radius 1 is 1.02 bits per heavy atom. The smallest absolute Gasteiger partial charge is 0.263 e. The number of nitrogen functional groups attached to an aromatic ring is 1. The highest BCUT2D eigenvalue weighted by Crippen LogP contribution is 2.98. The number of nitrogens with one attached hydrogen (secondary N) is 2. The van der Waals surface area contributed by atoms with E-state index >= 15 is 0 Å². The number of nitrogens with two attached hydrogens (primary N) is 1. The quantitative estimate of drug-likeness (QED) is 0.103. The molecular formula is C44H60F7N3O2S. The van der Waals surface area contributed by atoms with Gasteiger partial charge in [-0.2, -0.15) is 0 Å². The Labute approximate surface area is 334 Å². The molecule has 3 heterocycles. The maximum absolute atomic E-state index is 13.9. The number of halogens is 7. The van der Waals surface area contributed by atoms with Gasteiger partial charge in [0.05, 0.1) is 29.4 Å². The molecule has 2 fully saturated rings. The predicted octanol–water partition coefficient (Wildman–Crippen LogP) is 13.4. The predicted molar refractivity (Wildman–Crippen MR) is 223 cm³/mol. The number of anilines is 2. The molecule has 6 atom stereocenters. The van der Waals surface area contributed by atoms with E-state index in [9.17, 15) is 28.7 Å². The van der Waals surface area contributed by atoms with Crippen LogP contribution < -0.4 is 16.4 Å². The first-order valence-electron chi connectivity index (χ1n) is 19.6. The van der Waals surface area contributed by atoms with E-state index in [2.05, 4.69) is 17.2 Å². The van der Waals surface area contributed by atoms with E-state index in [0.29, 0.717) is 48.4 Å². The topological polar surface area (TPSA) is 79.5 Å². The van der Waals surface area contributed by atoms with Crippen LogP contribution in [0, 0.1) is 11.7 Å². The molecule has 13 heteroatoms. The Kier molecular flexibility index (Phi) is 16.5. The van der Waals surface area contributed by atoms with Crippen LogP contribution in [0.1, 0.15) is 108 Å². The molecule has 0 aromatic heterocycles. The second-order valence-electron chi connectivity index (χ2n) is 14.6. The van der Waals surface area contributed by atoms with E-state index in [1.807, 2.05) is 52.0 Å². The van der Waals surface area contributed by atoms with Gasteiger partial charge in [0.1, 0.15) is 5.82 Å². The average Bonchev–Trinajstić information content (AvgIpc) is 3.17. The highest BCUT2D eigenvalue weighted by molar-refractivity contribution is 8.49. The summed E-state index contributed by atoms with van der Waals surface area (Å²) in [5.41, 5.74) is 9.98. The first kappa shape index (κ1) is 47.6. The maximum Gasteiger partial charge on any atom is 0.263 e. The van der Waals surface area contributed by atoms with Crippen molar-refractivity contribution in [2.45, 2.75) is 115 Å². The van der Waals surface area contributed by atoms with E-state index in [-0.39, 0.29) is 47.8 Å². The summed E-state index contributed by atoms with van der Waals surface area (Å²) in [5.74, 6) is -0.289. The number of ether oxygens (including phenoxy) is 1. The molecule has 3 aromatic carbocycles. The summed E-state index contributed by atoms with van der Waals surface area (Å²) in [5, 5.41) is 15.0. The van der Waals surface area contributed by atoms with Crippen molar-refractivity contribution in [3.05, 3.63) is 125 Å². The van der Waals surface area contributed by atoms with Gasteiger partial charge in [0.25, 0.3) is 6.43 Å². The molecule has 0 spiro atoms. The fourth-order valence-electron chi connectivity index (χ4n) is 6.91. The van der Waals surface area contributed by atoms with Crippen LogP contribution in [0.3, 0.4) is 0 Å². The summed E-state index contributed by atoms with van der Waals surface area (Å²) < 4.78 is 102. The van der Waals surface area contributed by atoms with Gasteiger partial charge >= 0.3 is 0 Å². The van der Waals surface area contributed by atoms with Crippen molar-refractivity contribution in [1.82, 2.24) is 5.32 Å². The molecule has 0 saturated carbocycles. The van der Waals surface area contributed by atoms with Crippen LogP contribution in [0.5, 0.6) is 0 Å². The molecule has 6 rings (SSSR count). The lowest BCUT2D eigenvalue weighted by molar-refractivity contribution is -0.0382. The number of piperidine rings is 1. The molecule has 3 unspecified atom stereocenters. The molecule has 3 aromatic rings. The van der Waals surface area contributed by atoms with Gasteiger partial charge in [0.2, 0.25) is 0 Å². The Bertz CT molecular complexity index is 1830. The minimum atomic E-state index is -8.25. The molecule has 57 heavy (non-hydrogen) atoms. The summed E-state index contributed by atoms with van der Waals surface area (Å²) >= 11 is 0. The van der Waals surface area contributed by atoms with Gasteiger partial charge in [-0.15, -0.1) is 22.1 Å². The van der Waals surface area contributed by atoms with Crippen molar-refractivity contribution >= 4 is 21.2 Å². The Morgan fingerprint density at radius 3 is 2.28 bits per heavy atom. The number of aliphatic hydroxyl groups is 1. The van der Waals surface area contributed by atoms with Crippen LogP contribution in [0.4, 0.5) is 40.1 Å². The summed E-state index contributed by atoms with van der Waals surface area (Å²) in [6, 6.07) is 16.9. The number of aliphatic hydroxyl groups excluding tert-OH is 1. The van der Waals surface area contributed by atoms with Crippen LogP contribution in [-0.2, 0) is 4.74 Å². The Hall–Kier alpha value is -3.78. The highest BCUT2D eigenvalue weighted by Gasteiger charge is 2.59. The minimum Gasteiger partial charge on any atom is -0.399 e. The van der Waals surface area contributed by atoms with Crippen molar-refractivity contribution in [3.63, 3.8) is 0 Å². The number of fused-ring (bicyclic) bond motifs is 3. The van der Waals surface area contributed by atoms with Crippen molar-refractivity contribution in [1.29, 1.82) is 0 Å². The van der Waals surface area contributed by atoms with E-state index in [1.165, 1.54) is 18.2 Å². The van der Waals surface area contributed by atoms with Crippen LogP contribution in [0.25, 0.3) is 0 Å². The SMILES string of the molecule is C=CC/C=C(\C=C1\CCC(c2ccccc2F)NC1C)C(F)F.CC.CC[C@@H](C)O.CS(F)(F)(F)(F)c1ccc2c(c1)C1OCCC[C@H]1[C@H](c1cccc(N)c1)N2. The molecule has 318 valence electrons. The Balaban J connectivity index is 0.000000266. The second kappa shape index (κ2) is 19.8. The largest absolute Gasteiger partial charge is 0.399 e. The molecule has 0 amide bonds. The Morgan fingerprint density at radius 2 is 1.70 bits per heavy atom. The van der Waals surface area contributed by atoms with Gasteiger partial charge in [-0.1, -0.05) is 74.9 Å². The number of rotatable bonds is 8. The third-order valence-corrected chi connectivity index (χ3v) is 11.5. The first-order valence-corrected chi connectivity index (χ1v) is 22.0. The lowest BCUT2D eigenvalue weighted by atomic mass is 9.77. The number of allylic oxidation sites excluding steroid dienone is 4. The van der Waals surface area contributed by atoms with E-state index in [1.54, 1.807) is 37.3 Å². The number of hydrogen-bond acceptors (Lipinski definition) is 5. The normalized spacial score (nSPS) is 24.2. The van der Waals surface area contributed by atoms with Crippen LogP contribution in [-0.4, -0.2) is 36.5 Å². The lowest BCUT2D eigenvalue weighted by Gasteiger charge is -2.48. The molecule has 5 N–H and O–H groups in total. The maximum atomic E-state index is 13.9. The van der Waals surface area contributed by atoms with Gasteiger partial charge in [0.15, 0.2) is 9.84 Å². The molecule has 0 bridgehead atoms. The molecule has 2 saturated heterocycles. The fourth-order valence-corrected chi connectivity index (χ4v) is 7.75. The lowest BCUT2D eigenvalue weighted by Crippen LogP contribution is -2.37. The monoisotopic (exact) mass is 827 g/mol. The van der Waals surface area contributed by atoms with Crippen molar-refractivity contribution in [2.75, 3.05) is 23.9 Å². The van der Waals surface area contributed by atoms with Gasteiger partial charge in [-0.05, 0) is 94.3 Å². The van der Waals surface area contributed by atoms with Crippen LogP contribution >= 0.6 is 9.84 Å². The van der Waals surface area contributed by atoms with E-state index < -0.39 is 27.3 Å². The third-order valence-electron chi connectivity index (χ3n) is 10.0. The number of hydrogen-bond donors (Lipinski definition) is 4. The minimum absolute atomic E-state index is 0.0258. The third kappa shape index (κ3) is 13.7. The van der Waals surface area contributed by atoms with Gasteiger partial charge in [-0.3, -0.25) is 0 Å². The highest BCUT2D eigenvalue weighted by atomic mass is 32.5. The zero-order chi connectivity index (χ0) is 42.6. The first-order chi connectivity index (χ1) is 26.7. The summed E-state index contributed by atoms with van der Waals surface area (Å²) in [6.07, 6.45) is 5.56. The fraction of sp³-hybridized carbons (Fsp3) is 0.455. The summed E-state index contributed by atoms with van der Waals surface area (Å²) in [4.78, 5) is -1.22. The van der Waals surface area contributed by atoms with Crippen molar-refractivity contribution in [2.24, 2.45) is 5.92 Å². The summed E-state index contributed by atoms with van der Waals surface area (Å²) in [6.45, 7) is 13.7. The molecule has 3 aliphatic rings. The van der Waals surface area contributed by atoms with Crippen molar-refractivity contribution < 1.29 is 38.6 Å². The van der Waals surface area contributed by atoms with Crippen LogP contribution in [0.2, 0.25) is 0 Å². The number of benzene rings is 3. The average molecular weight is 828 g/mol. The standard InChI is InChI=1S/C19H22F4N2OS.C19H22F3N.C4H10O.C2H6/c1-27(20,21,22,23)14-7-8-17-16(11-14)19-15(6-3-9-26-19)18(25-17)12-4-2-5-13(24)10-12;1-3-4-7-15(19(21)22)12-14-10-11-18(23-13(14)2)16-8-5-6-9-17(16)20;1-3-4(2)5;1-2/h2,4-5,7-8,10-11,15,18-19,25H,3,6,9,24H2,1H3;3,5-9,12-13,18-19,23H,1,4,10-11H2,2H3;4-5H,3H2,1-2H3;1-2H3/b;14-12-,15-7+;;/t15-,18-,19?;;4-;/m0.1./s1. The van der Waals surface area contributed by atoms with Gasteiger partial charge in [0, 0.05) is 52.7 Å². The molecular weight excluding hydrogens is 768 g/mol. The molecule has 0 aliphatic carbocycles. The number of alkyl halides is 2. The molecule has 0 radical (unpaired) electrons.